The van der Waals surface area contributed by atoms with Gasteiger partial charge in [-0.25, -0.2) is 8.78 Å². The second-order valence-electron chi connectivity index (χ2n) is 2.50. The summed E-state index contributed by atoms with van der Waals surface area (Å²) in [6.07, 6.45) is 0. The van der Waals surface area contributed by atoms with Crippen molar-refractivity contribution in [2.45, 2.75) is 12.5 Å². The van der Waals surface area contributed by atoms with Crippen molar-refractivity contribution in [1.82, 2.24) is 0 Å². The van der Waals surface area contributed by atoms with E-state index in [1.54, 1.807) is 0 Å². The zero-order chi connectivity index (χ0) is 10.6. The molecule has 14 heavy (non-hydrogen) atoms. The van der Waals surface area contributed by atoms with Crippen molar-refractivity contribution in [1.29, 1.82) is 0 Å². The molecule has 2 radical (unpaired) electrons. The van der Waals surface area contributed by atoms with Gasteiger partial charge in [-0.1, -0.05) is 6.07 Å². The minimum atomic E-state index is -1.85. The summed E-state index contributed by atoms with van der Waals surface area (Å²) >= 11 is 0. The van der Waals surface area contributed by atoms with Crippen molar-refractivity contribution in [2.24, 2.45) is 0 Å². The van der Waals surface area contributed by atoms with E-state index in [1.165, 1.54) is 6.07 Å². The predicted molar refractivity (Wildman–Crippen MR) is 45.1 cm³/mol. The van der Waals surface area contributed by atoms with E-state index in [9.17, 15) is 8.78 Å². The fraction of sp³-hybridized carbons (Fsp3) is 0.250. The molecular weight excluding hydrogens is 210 g/mol. The van der Waals surface area contributed by atoms with Gasteiger partial charge in [0.25, 0.3) is 6.48 Å². The summed E-state index contributed by atoms with van der Waals surface area (Å²) in [6.45, 7) is -1.85. The van der Waals surface area contributed by atoms with Crippen LogP contribution in [0.25, 0.3) is 0 Å². The van der Waals surface area contributed by atoms with Gasteiger partial charge in [-0.15, -0.1) is 0 Å². The largest absolute Gasteiger partial charge is 0.372 e. The Morgan fingerprint density at radius 2 is 2.07 bits per heavy atom. The third-order valence-electron chi connectivity index (χ3n) is 1.47. The summed E-state index contributed by atoms with van der Waals surface area (Å²) in [7, 11) is -0.279. The molecule has 6 heteroatoms. The zero-order valence-corrected chi connectivity index (χ0v) is 8.08. The lowest BCUT2D eigenvalue weighted by atomic mass is 10.2. The summed E-state index contributed by atoms with van der Waals surface area (Å²) in [5, 5.41) is 16.7. The highest BCUT2D eigenvalue weighted by atomic mass is 28.2. The van der Waals surface area contributed by atoms with E-state index in [0.717, 1.165) is 12.1 Å². The molecule has 0 amide bonds. The smallest absolute Gasteiger partial charge is 0.256 e. The highest BCUT2D eigenvalue weighted by molar-refractivity contribution is 6.26. The van der Waals surface area contributed by atoms with Gasteiger partial charge in [0.1, 0.15) is 11.6 Å². The molecule has 0 fully saturated rings. The summed E-state index contributed by atoms with van der Waals surface area (Å²) in [6, 6.07) is 3.39. The normalized spacial score (nSPS) is 10.9. The Morgan fingerprint density at radius 1 is 1.36 bits per heavy atom. The van der Waals surface area contributed by atoms with Crippen LogP contribution in [0.3, 0.4) is 0 Å². The standard InChI is InChI=1S/C8H8F2O3Si/c9-6-2-1-5(7(10)3-6)4-14-13-8(11)12/h1-3,8,11-12H,4H2. The maximum absolute atomic E-state index is 13.0. The third kappa shape index (κ3) is 3.50. The number of benzene rings is 1. The lowest BCUT2D eigenvalue weighted by Crippen LogP contribution is -2.15. The van der Waals surface area contributed by atoms with Crippen molar-refractivity contribution < 1.29 is 23.4 Å². The highest BCUT2D eigenvalue weighted by Gasteiger charge is 2.06. The molecule has 0 spiro atoms. The quantitative estimate of drug-likeness (QED) is 0.567. The number of hydrogen-bond donors (Lipinski definition) is 2. The first kappa shape index (κ1) is 11.3. The Hall–Kier alpha value is -0.823. The Kier molecular flexibility index (Phi) is 4.14. The van der Waals surface area contributed by atoms with Crippen LogP contribution in [0.4, 0.5) is 8.78 Å². The number of rotatable bonds is 4. The van der Waals surface area contributed by atoms with Gasteiger partial charge in [0, 0.05) is 6.07 Å². The molecule has 76 valence electrons. The van der Waals surface area contributed by atoms with Crippen LogP contribution >= 0.6 is 0 Å². The summed E-state index contributed by atoms with van der Waals surface area (Å²) in [5.41, 5.74) is 0.283. The van der Waals surface area contributed by atoms with Gasteiger partial charge in [0.2, 0.25) is 9.76 Å². The Bertz CT molecular complexity index is 307. The molecule has 3 nitrogen and oxygen atoms in total. The van der Waals surface area contributed by atoms with Crippen molar-refractivity contribution in [3.8, 4) is 0 Å². The first-order valence-corrected chi connectivity index (χ1v) is 4.89. The van der Waals surface area contributed by atoms with Gasteiger partial charge in [-0.2, -0.15) is 0 Å². The van der Waals surface area contributed by atoms with E-state index in [-0.39, 0.29) is 21.4 Å². The molecular formula is C8H8F2O3Si. The fourth-order valence-electron chi connectivity index (χ4n) is 0.859. The van der Waals surface area contributed by atoms with E-state index >= 15 is 0 Å². The average Bonchev–Trinajstić information content (AvgIpc) is 2.08. The number of hydrogen-bond acceptors (Lipinski definition) is 3. The van der Waals surface area contributed by atoms with Crippen LogP contribution in [0, 0.1) is 11.6 Å². The van der Waals surface area contributed by atoms with Gasteiger partial charge in [0.15, 0.2) is 0 Å². The number of aliphatic hydroxyl groups excluding tert-OH is 1. The molecule has 0 aliphatic carbocycles. The van der Waals surface area contributed by atoms with E-state index in [0.29, 0.717) is 0 Å². The summed E-state index contributed by atoms with van der Waals surface area (Å²) < 4.78 is 29.8. The van der Waals surface area contributed by atoms with E-state index < -0.39 is 18.1 Å². The SMILES string of the molecule is OC(O)O[Si]Cc1ccc(F)cc1F. The van der Waals surface area contributed by atoms with Crippen LogP contribution in [-0.2, 0) is 10.5 Å². The summed E-state index contributed by atoms with van der Waals surface area (Å²) in [5.74, 6) is -1.30. The molecule has 0 aromatic heterocycles. The molecule has 0 bridgehead atoms. The van der Waals surface area contributed by atoms with Crippen LogP contribution in [0.5, 0.6) is 0 Å². The molecule has 1 aromatic carbocycles. The van der Waals surface area contributed by atoms with E-state index in [1.807, 2.05) is 0 Å². The van der Waals surface area contributed by atoms with Gasteiger partial charge in [-0.3, -0.25) is 0 Å². The Labute approximate surface area is 81.9 Å². The van der Waals surface area contributed by atoms with Gasteiger partial charge in [0.05, 0.1) is 0 Å². The molecule has 0 saturated heterocycles. The average molecular weight is 218 g/mol. The van der Waals surface area contributed by atoms with Crippen LogP contribution in [0.15, 0.2) is 18.2 Å². The molecule has 1 rings (SSSR count). The topological polar surface area (TPSA) is 49.7 Å². The minimum Gasteiger partial charge on any atom is -0.372 e. The molecule has 0 heterocycles. The molecule has 0 aliphatic rings. The third-order valence-corrected chi connectivity index (χ3v) is 2.37. The van der Waals surface area contributed by atoms with Crippen LogP contribution < -0.4 is 0 Å². The maximum atomic E-state index is 13.0. The fourth-order valence-corrected chi connectivity index (χ4v) is 1.53. The van der Waals surface area contributed by atoms with Gasteiger partial charge < -0.3 is 14.6 Å². The predicted octanol–water partition coefficient (Wildman–Crippen LogP) is 0.369. The maximum Gasteiger partial charge on any atom is 0.256 e. The van der Waals surface area contributed by atoms with Crippen molar-refractivity contribution in [2.75, 3.05) is 0 Å². The summed E-state index contributed by atoms with van der Waals surface area (Å²) in [4.78, 5) is 0. The second-order valence-corrected chi connectivity index (χ2v) is 3.38. The van der Waals surface area contributed by atoms with Crippen LogP contribution in [-0.4, -0.2) is 26.5 Å². The second kappa shape index (κ2) is 5.16. The number of halogens is 2. The minimum absolute atomic E-state index is 0.184. The molecule has 0 saturated carbocycles. The zero-order valence-electron chi connectivity index (χ0n) is 7.08. The molecule has 2 N–H and O–H groups in total. The van der Waals surface area contributed by atoms with Crippen molar-refractivity contribution >= 4 is 9.76 Å². The first-order valence-electron chi connectivity index (χ1n) is 3.78. The Balaban J connectivity index is 2.51. The highest BCUT2D eigenvalue weighted by Crippen LogP contribution is 2.09. The Morgan fingerprint density at radius 3 is 2.64 bits per heavy atom. The van der Waals surface area contributed by atoms with Gasteiger partial charge >= 0.3 is 0 Å². The lowest BCUT2D eigenvalue weighted by Gasteiger charge is -2.04. The number of aliphatic hydroxyl groups is 2. The van der Waals surface area contributed by atoms with Crippen LogP contribution in [0.2, 0.25) is 0 Å². The van der Waals surface area contributed by atoms with Gasteiger partial charge in [-0.05, 0) is 17.7 Å². The van der Waals surface area contributed by atoms with Crippen molar-refractivity contribution in [3.05, 3.63) is 35.4 Å². The van der Waals surface area contributed by atoms with E-state index in [2.05, 4.69) is 4.43 Å². The van der Waals surface area contributed by atoms with Crippen molar-refractivity contribution in [3.63, 3.8) is 0 Å². The molecule has 0 atom stereocenters. The monoisotopic (exact) mass is 218 g/mol. The lowest BCUT2D eigenvalue weighted by molar-refractivity contribution is -0.180. The molecule has 0 aliphatic heterocycles. The molecule has 0 unspecified atom stereocenters. The van der Waals surface area contributed by atoms with E-state index in [4.69, 9.17) is 10.2 Å². The van der Waals surface area contributed by atoms with Crippen LogP contribution in [0.1, 0.15) is 5.56 Å². The first-order chi connectivity index (χ1) is 6.59. The molecule has 1 aromatic rings.